The Morgan fingerprint density at radius 1 is 0.211 bits per heavy atom. The first-order valence-electron chi connectivity index (χ1n) is 29.6. The van der Waals surface area contributed by atoms with Gasteiger partial charge in [-0.2, -0.15) is 0 Å². The van der Waals surface area contributed by atoms with Gasteiger partial charge in [-0.05, 0) is 134 Å². The van der Waals surface area contributed by atoms with Crippen molar-refractivity contribution < 1.29 is 13.6 Å². The van der Waals surface area contributed by atoms with Gasteiger partial charge < -0.3 is 13.6 Å². The van der Waals surface area contributed by atoms with Crippen LogP contribution in [-0.4, -0.2) is 0 Å². The molecule has 76 heavy (non-hydrogen) atoms. The predicted molar refractivity (Wildman–Crippen MR) is 338 cm³/mol. The van der Waals surface area contributed by atoms with Crippen LogP contribution in [0.15, 0.2) is 54.6 Å². The van der Waals surface area contributed by atoms with E-state index in [0.29, 0.717) is 0 Å². The van der Waals surface area contributed by atoms with Crippen molar-refractivity contribution in [3.8, 4) is 17.2 Å². The van der Waals surface area contributed by atoms with Crippen molar-refractivity contribution in [1.82, 2.24) is 0 Å². The number of benzene rings is 3. The lowest BCUT2D eigenvalue weighted by Crippen LogP contribution is -2.34. The Hall–Kier alpha value is -2.51. The van der Waals surface area contributed by atoms with E-state index in [1.807, 2.05) is 0 Å². The minimum atomic E-state index is -2.27. The molecule has 0 unspecified atom stereocenters. The van der Waals surface area contributed by atoms with E-state index < -0.39 is 8.60 Å². The van der Waals surface area contributed by atoms with Gasteiger partial charge in [0.2, 0.25) is 0 Å². The van der Waals surface area contributed by atoms with Gasteiger partial charge in [0.1, 0.15) is 17.2 Å². The molecule has 3 rings (SSSR count). The van der Waals surface area contributed by atoms with Crippen LogP contribution < -0.4 is 13.6 Å². The summed E-state index contributed by atoms with van der Waals surface area (Å²) >= 11 is 0. The highest BCUT2D eigenvalue weighted by atomic mass is 31.2. The first kappa shape index (κ1) is 67.8. The van der Waals surface area contributed by atoms with Crippen LogP contribution in [0, 0.1) is 65.0 Å². The second kappa shape index (κ2) is 22.1. The summed E-state index contributed by atoms with van der Waals surface area (Å²) in [6.45, 7) is 86.6. The molecule has 0 fully saturated rings. The number of hydrogen-bond acceptors (Lipinski definition) is 3. The fraction of sp³-hybridized carbons (Fsp3) is 0.750. The summed E-state index contributed by atoms with van der Waals surface area (Å²) < 4.78 is 24.8. The Kier molecular flexibility index (Phi) is 19.7. The van der Waals surface area contributed by atoms with Crippen molar-refractivity contribution in [3.63, 3.8) is 0 Å². The minimum absolute atomic E-state index is 0.115. The van der Waals surface area contributed by atoms with Crippen LogP contribution in [0.1, 0.15) is 318 Å². The van der Waals surface area contributed by atoms with Gasteiger partial charge in [-0.3, -0.25) is 0 Å². The molecule has 0 aromatic heterocycles. The Morgan fingerprint density at radius 3 is 0.408 bits per heavy atom. The van der Waals surface area contributed by atoms with Crippen LogP contribution in [0.3, 0.4) is 0 Å². The molecule has 0 heterocycles. The highest BCUT2D eigenvalue weighted by molar-refractivity contribution is 7.43. The lowest BCUT2D eigenvalue weighted by molar-refractivity contribution is 0.162. The smallest absolute Gasteiger partial charge is 0.408 e. The maximum Gasteiger partial charge on any atom is 0.530 e. The SMILES string of the molecule is CC(C)(C)C(c1cccc(C(C(C)(C)C)C(C)(C)C)c1OP(Oc1c(C(C(C)(C)C)C(C)(C)C)cccc1C(C(C)(C)C)C(C)(C)C)Oc1c(C(C(C)(C)C)C(C)(C)C)cccc1C(C(C)(C)C)C(C)(C)C)C(C)(C)C. The van der Waals surface area contributed by atoms with Gasteiger partial charge in [0.25, 0.3) is 0 Å². The maximum absolute atomic E-state index is 8.27. The molecular formula is C72H123O3P. The van der Waals surface area contributed by atoms with E-state index in [1.54, 1.807) is 0 Å². The Morgan fingerprint density at radius 2 is 0.316 bits per heavy atom. The highest BCUT2D eigenvalue weighted by Gasteiger charge is 2.49. The third-order valence-electron chi connectivity index (χ3n) is 16.0. The summed E-state index contributed by atoms with van der Waals surface area (Å²) in [5, 5.41) is 0. The van der Waals surface area contributed by atoms with Crippen LogP contribution in [-0.2, 0) is 0 Å². The van der Waals surface area contributed by atoms with Gasteiger partial charge in [-0.15, -0.1) is 0 Å². The Balaban J connectivity index is 3.00. The lowest BCUT2D eigenvalue weighted by atomic mass is 9.60. The fourth-order valence-electron chi connectivity index (χ4n) is 17.1. The van der Waals surface area contributed by atoms with Crippen molar-refractivity contribution in [2.45, 2.75) is 285 Å². The molecule has 3 aromatic rings. The quantitative estimate of drug-likeness (QED) is 0.169. The molecule has 3 nitrogen and oxygen atoms in total. The monoisotopic (exact) mass is 1070 g/mol. The average Bonchev–Trinajstić information content (AvgIpc) is 3.08. The third kappa shape index (κ3) is 16.3. The van der Waals surface area contributed by atoms with E-state index in [4.69, 9.17) is 13.6 Å². The third-order valence-corrected chi connectivity index (χ3v) is 17.0. The number of rotatable bonds is 12. The molecule has 0 aliphatic carbocycles. The lowest BCUT2D eigenvalue weighted by Gasteiger charge is -2.46. The molecule has 0 aliphatic rings. The molecule has 0 saturated carbocycles. The summed E-state index contributed by atoms with van der Waals surface area (Å²) in [4.78, 5) is 0. The van der Waals surface area contributed by atoms with Crippen LogP contribution in [0.4, 0.5) is 0 Å². The standard InChI is InChI=1S/C72H123O3P/c1-61(2,3)55(62(4,5)6)46-40-37-41-47(56(63(7,8)9)64(10,11)12)52(46)73-76(74-53-48(57(65(13,14)15)66(16,17)18)42-38-43-49(53)58(67(19,20)21)68(22,23)24)75-54-50(59(69(25,26)27)70(28,29)30)44-39-45-51(54)60(71(31,32)33)72(34,35)36/h37-45,55-60H,1-36H3. The molecule has 0 bridgehead atoms. The van der Waals surface area contributed by atoms with E-state index in [9.17, 15) is 0 Å². The van der Waals surface area contributed by atoms with Gasteiger partial charge in [-0.25, -0.2) is 0 Å². The van der Waals surface area contributed by atoms with Gasteiger partial charge in [0.05, 0.1) is 0 Å². The Bertz CT molecular complexity index is 1880. The van der Waals surface area contributed by atoms with Crippen LogP contribution in [0.2, 0.25) is 0 Å². The van der Waals surface area contributed by atoms with Crippen LogP contribution >= 0.6 is 8.60 Å². The largest absolute Gasteiger partial charge is 0.530 e. The second-order valence-electron chi connectivity index (χ2n) is 36.8. The zero-order chi connectivity index (χ0) is 59.7. The molecule has 0 atom stereocenters. The molecule has 0 aliphatic heterocycles. The molecule has 0 N–H and O–H groups in total. The van der Waals surface area contributed by atoms with E-state index >= 15 is 0 Å². The molecule has 3 aromatic carbocycles. The van der Waals surface area contributed by atoms with Crippen molar-refractivity contribution in [2.75, 3.05) is 0 Å². The van der Waals surface area contributed by atoms with Crippen molar-refractivity contribution >= 4 is 8.60 Å². The first-order valence-corrected chi connectivity index (χ1v) is 30.7. The summed E-state index contributed by atoms with van der Waals surface area (Å²) in [5.74, 6) is 3.44. The molecule has 0 saturated heterocycles. The molecule has 0 radical (unpaired) electrons. The van der Waals surface area contributed by atoms with E-state index in [0.717, 1.165) is 17.2 Å². The van der Waals surface area contributed by atoms with Crippen LogP contribution in [0.5, 0.6) is 17.2 Å². The molecule has 434 valence electrons. The molecule has 4 heteroatoms. The topological polar surface area (TPSA) is 27.7 Å². The van der Waals surface area contributed by atoms with E-state index in [2.05, 4.69) is 304 Å². The van der Waals surface area contributed by atoms with Crippen molar-refractivity contribution in [1.29, 1.82) is 0 Å². The predicted octanol–water partition coefficient (Wildman–Crippen LogP) is 24.5. The summed E-state index contributed by atoms with van der Waals surface area (Å²) in [6.07, 6.45) is 0. The van der Waals surface area contributed by atoms with Crippen molar-refractivity contribution in [3.05, 3.63) is 88.0 Å². The van der Waals surface area contributed by atoms with E-state index in [1.165, 1.54) is 33.4 Å². The zero-order valence-electron chi connectivity index (χ0n) is 56.8. The fourth-order valence-corrected chi connectivity index (χ4v) is 18.3. The molecular weight excluding hydrogens is 944 g/mol. The van der Waals surface area contributed by atoms with Gasteiger partial charge in [0, 0.05) is 0 Å². The molecule has 0 amide bonds. The van der Waals surface area contributed by atoms with Gasteiger partial charge in [0.15, 0.2) is 0 Å². The zero-order valence-corrected chi connectivity index (χ0v) is 57.7. The molecule has 0 spiro atoms. The van der Waals surface area contributed by atoms with Crippen LogP contribution in [0.25, 0.3) is 0 Å². The first-order chi connectivity index (χ1) is 33.4. The Labute approximate surface area is 474 Å². The number of hydrogen-bond donors (Lipinski definition) is 0. The normalized spacial score (nSPS) is 14.9. The van der Waals surface area contributed by atoms with Crippen molar-refractivity contribution in [2.24, 2.45) is 65.0 Å². The highest BCUT2D eigenvalue weighted by Crippen LogP contribution is 2.64. The summed E-state index contributed by atoms with van der Waals surface area (Å²) in [6, 6.07) is 21.1. The minimum Gasteiger partial charge on any atom is -0.408 e. The summed E-state index contributed by atoms with van der Waals surface area (Å²) in [7, 11) is -2.27. The number of para-hydroxylation sites is 3. The summed E-state index contributed by atoms with van der Waals surface area (Å²) in [5.41, 5.74) is 5.91. The maximum atomic E-state index is 8.27. The van der Waals surface area contributed by atoms with Gasteiger partial charge >= 0.3 is 8.60 Å². The average molecular weight is 1070 g/mol. The van der Waals surface area contributed by atoms with E-state index in [-0.39, 0.29) is 100 Å². The van der Waals surface area contributed by atoms with Gasteiger partial charge in [-0.1, -0.05) is 304 Å². The second-order valence-corrected chi connectivity index (χ2v) is 37.8.